The average Bonchev–Trinajstić information content (AvgIpc) is 3.34. The van der Waals surface area contributed by atoms with E-state index in [0.29, 0.717) is 23.7 Å². The fourth-order valence-corrected chi connectivity index (χ4v) is 8.00. The van der Waals surface area contributed by atoms with Crippen molar-refractivity contribution in [1.82, 2.24) is 0 Å². The minimum absolute atomic E-state index is 0.0172. The van der Waals surface area contributed by atoms with Gasteiger partial charge in [-0.2, -0.15) is 0 Å². The fourth-order valence-electron chi connectivity index (χ4n) is 8.00. The lowest BCUT2D eigenvalue weighted by molar-refractivity contribution is 0.198. The molecule has 0 bridgehead atoms. The molecule has 0 aliphatic heterocycles. The summed E-state index contributed by atoms with van der Waals surface area (Å²) in [6.45, 7) is 18.6. The molecule has 0 saturated carbocycles. The van der Waals surface area contributed by atoms with Crippen LogP contribution in [0.3, 0.4) is 0 Å². The summed E-state index contributed by atoms with van der Waals surface area (Å²) in [4.78, 5) is 0. The molecule has 49 heavy (non-hydrogen) atoms. The lowest BCUT2D eigenvalue weighted by Gasteiger charge is -2.36. The van der Waals surface area contributed by atoms with E-state index in [2.05, 4.69) is 128 Å². The van der Waals surface area contributed by atoms with E-state index in [1.807, 2.05) is 0 Å². The van der Waals surface area contributed by atoms with Crippen LogP contribution in [-0.4, -0.2) is 36.6 Å². The summed E-state index contributed by atoms with van der Waals surface area (Å²) in [5.74, 6) is 3.58. The van der Waals surface area contributed by atoms with Crippen LogP contribution >= 0.6 is 0 Å². The highest BCUT2D eigenvalue weighted by molar-refractivity contribution is 5.86. The first-order valence-corrected chi connectivity index (χ1v) is 18.5. The Bertz CT molecular complexity index is 1520. The van der Waals surface area contributed by atoms with Gasteiger partial charge in [-0.15, -0.1) is 0 Å². The van der Waals surface area contributed by atoms with Crippen molar-refractivity contribution in [2.24, 2.45) is 23.7 Å². The van der Waals surface area contributed by atoms with E-state index >= 15 is 0 Å². The molecule has 1 aliphatic rings. The van der Waals surface area contributed by atoms with Gasteiger partial charge in [-0.05, 0) is 105 Å². The number of benzene rings is 4. The van der Waals surface area contributed by atoms with Gasteiger partial charge in [0.15, 0.2) is 0 Å². The van der Waals surface area contributed by atoms with Gasteiger partial charge in [0.05, 0.1) is 18.6 Å². The third-order valence-corrected chi connectivity index (χ3v) is 9.49. The Hall–Kier alpha value is -3.60. The highest BCUT2D eigenvalue weighted by Crippen LogP contribution is 2.57. The average molecular weight is 663 g/mol. The fraction of sp³-hybridized carbons (Fsp3) is 0.467. The number of hydrogen-bond acceptors (Lipinski definition) is 4. The Balaban J connectivity index is 1.96. The minimum atomic E-state index is -0.576. The summed E-state index contributed by atoms with van der Waals surface area (Å²) < 4.78 is 12.8. The lowest BCUT2D eigenvalue weighted by atomic mass is 9.66. The van der Waals surface area contributed by atoms with E-state index in [1.165, 1.54) is 55.6 Å². The molecule has 0 amide bonds. The Morgan fingerprint density at radius 3 is 1.08 bits per heavy atom. The van der Waals surface area contributed by atoms with Crippen LogP contribution in [-0.2, 0) is 31.1 Å². The van der Waals surface area contributed by atoms with Crippen molar-refractivity contribution in [3.8, 4) is 22.6 Å². The van der Waals surface area contributed by atoms with Gasteiger partial charge in [0.2, 0.25) is 0 Å². The molecule has 0 heterocycles. The van der Waals surface area contributed by atoms with Gasteiger partial charge in [0.1, 0.15) is 24.7 Å². The second-order valence-electron chi connectivity index (χ2n) is 15.6. The molecule has 0 saturated heterocycles. The predicted octanol–water partition coefficient (Wildman–Crippen LogP) is 9.59. The van der Waals surface area contributed by atoms with Gasteiger partial charge in [0, 0.05) is 0 Å². The molecule has 0 spiro atoms. The first-order valence-electron chi connectivity index (χ1n) is 18.5. The smallest absolute Gasteiger partial charge is 0.125 e. The summed E-state index contributed by atoms with van der Waals surface area (Å²) in [5.41, 5.74) is 11.9. The Labute approximate surface area is 295 Å². The summed E-state index contributed by atoms with van der Waals surface area (Å²) in [5, 5.41) is 19.6. The quantitative estimate of drug-likeness (QED) is 0.111. The third-order valence-electron chi connectivity index (χ3n) is 9.49. The van der Waals surface area contributed by atoms with Crippen molar-refractivity contribution in [1.29, 1.82) is 0 Å². The molecule has 0 atom stereocenters. The molecule has 1 aliphatic carbocycles. The lowest BCUT2D eigenvalue weighted by Crippen LogP contribution is -2.30. The standard InChI is InChI=1S/C45H58O4/c1-29(2)21-33-25-37(26-34(22-30(3)4)43(33)48-19-17-46)45(41-15-11-9-13-39(41)40-14-10-12-16-42(40)45)38-27-35(23-31(5)6)44(49-20-18-47)36(28-38)24-32(7)8/h9-16,25-32,46-47H,17-24H2,1-8H3. The van der Waals surface area contributed by atoms with Gasteiger partial charge in [-0.25, -0.2) is 0 Å². The number of fused-ring (bicyclic) bond motifs is 3. The van der Waals surface area contributed by atoms with Gasteiger partial charge in [-0.1, -0.05) is 128 Å². The molecule has 4 aromatic carbocycles. The second-order valence-corrected chi connectivity index (χ2v) is 15.6. The third kappa shape index (κ3) is 7.61. The van der Waals surface area contributed by atoms with Crippen LogP contribution in [0, 0.1) is 23.7 Å². The summed E-state index contributed by atoms with van der Waals surface area (Å²) in [7, 11) is 0. The zero-order valence-corrected chi connectivity index (χ0v) is 31.1. The van der Waals surface area contributed by atoms with Crippen LogP contribution in [0.15, 0.2) is 72.8 Å². The maximum Gasteiger partial charge on any atom is 0.125 e. The zero-order chi connectivity index (χ0) is 35.3. The first-order chi connectivity index (χ1) is 23.5. The SMILES string of the molecule is CC(C)Cc1cc(C2(c3cc(CC(C)C)c(OCCO)c(CC(C)C)c3)c3ccccc3-c3ccccc32)cc(CC(C)C)c1OCCO. The van der Waals surface area contributed by atoms with E-state index < -0.39 is 5.41 Å². The van der Waals surface area contributed by atoms with Crippen LogP contribution in [0.5, 0.6) is 11.5 Å². The Kier molecular flexibility index (Phi) is 11.9. The van der Waals surface area contributed by atoms with Gasteiger partial charge in [0.25, 0.3) is 0 Å². The van der Waals surface area contributed by atoms with Crippen LogP contribution in [0.25, 0.3) is 11.1 Å². The number of rotatable bonds is 16. The minimum Gasteiger partial charge on any atom is -0.491 e. The summed E-state index contributed by atoms with van der Waals surface area (Å²) in [6.07, 6.45) is 3.52. The second kappa shape index (κ2) is 16.0. The molecule has 4 nitrogen and oxygen atoms in total. The van der Waals surface area contributed by atoms with Crippen molar-refractivity contribution in [3.63, 3.8) is 0 Å². The molecular weight excluding hydrogens is 604 g/mol. The van der Waals surface area contributed by atoms with Crippen molar-refractivity contribution in [2.75, 3.05) is 26.4 Å². The van der Waals surface area contributed by atoms with E-state index in [-0.39, 0.29) is 26.4 Å². The molecule has 262 valence electrons. The van der Waals surface area contributed by atoms with Crippen molar-refractivity contribution >= 4 is 0 Å². The number of aliphatic hydroxyl groups excluding tert-OH is 2. The predicted molar refractivity (Wildman–Crippen MR) is 203 cm³/mol. The molecule has 4 aromatic rings. The monoisotopic (exact) mass is 662 g/mol. The topological polar surface area (TPSA) is 58.9 Å². The van der Waals surface area contributed by atoms with Gasteiger partial charge < -0.3 is 19.7 Å². The van der Waals surface area contributed by atoms with Crippen molar-refractivity contribution in [2.45, 2.75) is 86.5 Å². The van der Waals surface area contributed by atoms with Crippen LogP contribution in [0.4, 0.5) is 0 Å². The van der Waals surface area contributed by atoms with Crippen molar-refractivity contribution < 1.29 is 19.7 Å². The molecule has 0 radical (unpaired) electrons. The van der Waals surface area contributed by atoms with Crippen LogP contribution < -0.4 is 9.47 Å². The largest absolute Gasteiger partial charge is 0.491 e. The molecule has 0 aromatic heterocycles. The van der Waals surface area contributed by atoms with E-state index in [1.54, 1.807) is 0 Å². The Morgan fingerprint density at radius 1 is 0.490 bits per heavy atom. The highest BCUT2D eigenvalue weighted by atomic mass is 16.5. The summed E-state index contributed by atoms with van der Waals surface area (Å²) >= 11 is 0. The molecular formula is C45H58O4. The zero-order valence-electron chi connectivity index (χ0n) is 31.1. The Morgan fingerprint density at radius 2 is 0.796 bits per heavy atom. The maximum atomic E-state index is 9.81. The molecule has 5 rings (SSSR count). The van der Waals surface area contributed by atoms with E-state index in [0.717, 1.165) is 37.2 Å². The van der Waals surface area contributed by atoms with Crippen molar-refractivity contribution in [3.05, 3.63) is 117 Å². The normalized spacial score (nSPS) is 13.4. The molecule has 4 heteroatoms. The van der Waals surface area contributed by atoms with E-state index in [9.17, 15) is 10.2 Å². The van der Waals surface area contributed by atoms with Gasteiger partial charge in [-0.3, -0.25) is 0 Å². The van der Waals surface area contributed by atoms with Crippen LogP contribution in [0.2, 0.25) is 0 Å². The summed E-state index contributed by atoms with van der Waals surface area (Å²) in [6, 6.07) is 27.6. The number of aliphatic hydroxyl groups is 2. The molecule has 0 fully saturated rings. The first kappa shape index (κ1) is 36.7. The number of ether oxygens (including phenoxy) is 2. The van der Waals surface area contributed by atoms with Crippen LogP contribution in [0.1, 0.15) is 99.9 Å². The van der Waals surface area contributed by atoms with E-state index in [4.69, 9.17) is 9.47 Å². The maximum absolute atomic E-state index is 9.81. The highest BCUT2D eigenvalue weighted by Gasteiger charge is 2.47. The molecule has 2 N–H and O–H groups in total. The molecule has 0 unspecified atom stereocenters. The van der Waals surface area contributed by atoms with Gasteiger partial charge >= 0.3 is 0 Å². The number of hydrogen-bond donors (Lipinski definition) is 2.